The third-order valence-electron chi connectivity index (χ3n) is 2.32. The molecule has 0 aliphatic carbocycles. The highest BCUT2D eigenvalue weighted by molar-refractivity contribution is 5.83. The maximum Gasteiger partial charge on any atom is 0.252 e. The van der Waals surface area contributed by atoms with E-state index >= 15 is 0 Å². The highest BCUT2D eigenvalue weighted by Gasteiger charge is 2.30. The van der Waals surface area contributed by atoms with Crippen molar-refractivity contribution < 1.29 is 9.53 Å². The van der Waals surface area contributed by atoms with Crippen LogP contribution in [0.4, 0.5) is 0 Å². The molecule has 1 amide bonds. The van der Waals surface area contributed by atoms with Gasteiger partial charge in [0.1, 0.15) is 6.10 Å². The van der Waals surface area contributed by atoms with Crippen LogP contribution in [0.5, 0.6) is 0 Å². The average Bonchev–Trinajstić information content (AvgIpc) is 2.54. The molecule has 0 N–H and O–H groups in total. The van der Waals surface area contributed by atoms with Crippen LogP contribution in [-0.2, 0) is 9.53 Å². The zero-order valence-electron chi connectivity index (χ0n) is 9.62. The van der Waals surface area contributed by atoms with Crippen LogP contribution in [0.25, 0.3) is 0 Å². The van der Waals surface area contributed by atoms with Gasteiger partial charge in [-0.1, -0.05) is 11.8 Å². The Balaban J connectivity index is 2.33. The molecule has 1 aliphatic heterocycles. The summed E-state index contributed by atoms with van der Waals surface area (Å²) in [4.78, 5) is 15.3. The predicted molar refractivity (Wildman–Crippen MR) is 58.3 cm³/mol. The van der Waals surface area contributed by atoms with Gasteiger partial charge >= 0.3 is 0 Å². The Hall–Kier alpha value is -1.05. The highest BCUT2D eigenvalue weighted by atomic mass is 16.5. The van der Waals surface area contributed by atoms with E-state index in [0.29, 0.717) is 6.54 Å². The molecule has 0 radical (unpaired) electrons. The van der Waals surface area contributed by atoms with Crippen LogP contribution in [0.3, 0.4) is 0 Å². The fourth-order valence-corrected chi connectivity index (χ4v) is 1.45. The molecule has 4 heteroatoms. The minimum atomic E-state index is -0.249. The molecule has 1 aliphatic rings. The minimum Gasteiger partial charge on any atom is -0.372 e. The van der Waals surface area contributed by atoms with Gasteiger partial charge in [0.2, 0.25) is 0 Å². The number of hydrogen-bond acceptors (Lipinski definition) is 3. The van der Waals surface area contributed by atoms with Crippen molar-refractivity contribution >= 4 is 5.91 Å². The highest BCUT2D eigenvalue weighted by Crippen LogP contribution is 2.12. The molecule has 1 heterocycles. The molecule has 15 heavy (non-hydrogen) atoms. The van der Waals surface area contributed by atoms with Gasteiger partial charge < -0.3 is 9.64 Å². The van der Waals surface area contributed by atoms with Crippen molar-refractivity contribution in [2.45, 2.75) is 12.5 Å². The number of rotatable bonds is 3. The number of likely N-dealkylation sites (tertiary alicyclic amines) is 1. The molecule has 1 atom stereocenters. The van der Waals surface area contributed by atoms with Gasteiger partial charge in [-0.2, -0.15) is 0 Å². The topological polar surface area (TPSA) is 32.8 Å². The van der Waals surface area contributed by atoms with E-state index in [1.807, 2.05) is 19.0 Å². The van der Waals surface area contributed by atoms with Crippen molar-refractivity contribution in [1.29, 1.82) is 0 Å². The van der Waals surface area contributed by atoms with Crippen molar-refractivity contribution in [2.24, 2.45) is 0 Å². The predicted octanol–water partition coefficient (Wildman–Crippen LogP) is -0.201. The van der Waals surface area contributed by atoms with Crippen molar-refractivity contribution in [2.75, 3.05) is 40.8 Å². The zero-order chi connectivity index (χ0) is 11.3. The van der Waals surface area contributed by atoms with E-state index in [9.17, 15) is 4.79 Å². The molecular formula is C11H18N2O2. The van der Waals surface area contributed by atoms with E-state index in [0.717, 1.165) is 19.5 Å². The molecular weight excluding hydrogens is 192 g/mol. The summed E-state index contributed by atoms with van der Waals surface area (Å²) in [6.07, 6.45) is 0.533. The van der Waals surface area contributed by atoms with Crippen LogP contribution in [0, 0.1) is 11.8 Å². The number of amides is 1. The lowest BCUT2D eigenvalue weighted by Crippen LogP contribution is -2.30. The maximum absolute atomic E-state index is 11.6. The summed E-state index contributed by atoms with van der Waals surface area (Å²) in [5.74, 6) is 6.06. The van der Waals surface area contributed by atoms with Gasteiger partial charge in [-0.3, -0.25) is 9.69 Å². The van der Waals surface area contributed by atoms with Gasteiger partial charge in [0.05, 0.1) is 13.1 Å². The van der Waals surface area contributed by atoms with E-state index in [-0.39, 0.29) is 12.0 Å². The molecule has 1 rings (SSSR count). The lowest BCUT2D eigenvalue weighted by atomic mass is 10.3. The van der Waals surface area contributed by atoms with Crippen LogP contribution < -0.4 is 0 Å². The molecule has 0 bridgehead atoms. The molecule has 0 aromatic carbocycles. The first-order valence-electron chi connectivity index (χ1n) is 5.07. The molecule has 0 spiro atoms. The monoisotopic (exact) mass is 210 g/mol. The average molecular weight is 210 g/mol. The molecule has 0 saturated carbocycles. The molecule has 0 aromatic rings. The Morgan fingerprint density at radius 2 is 2.27 bits per heavy atom. The Labute approximate surface area is 91.2 Å². The lowest BCUT2D eigenvalue weighted by molar-refractivity contribution is -0.135. The van der Waals surface area contributed by atoms with Crippen molar-refractivity contribution in [3.8, 4) is 11.8 Å². The number of carbonyl (C=O) groups is 1. The molecule has 1 fully saturated rings. The van der Waals surface area contributed by atoms with E-state index in [2.05, 4.69) is 11.8 Å². The summed E-state index contributed by atoms with van der Waals surface area (Å²) in [5, 5.41) is 0. The van der Waals surface area contributed by atoms with Crippen molar-refractivity contribution in [1.82, 2.24) is 9.80 Å². The fourth-order valence-electron chi connectivity index (χ4n) is 1.45. The first kappa shape index (κ1) is 12.0. The van der Waals surface area contributed by atoms with E-state index in [4.69, 9.17) is 4.74 Å². The second kappa shape index (κ2) is 5.74. The molecule has 4 nitrogen and oxygen atoms in total. The Bertz CT molecular complexity index is 278. The van der Waals surface area contributed by atoms with Gasteiger partial charge in [-0.25, -0.2) is 0 Å². The number of ether oxygens (including phenoxy) is 1. The third-order valence-corrected chi connectivity index (χ3v) is 2.32. The summed E-state index contributed by atoms with van der Waals surface area (Å²) < 4.78 is 5.05. The molecule has 0 aromatic heterocycles. The minimum absolute atomic E-state index is 0.0663. The second-order valence-corrected chi connectivity index (χ2v) is 3.86. The number of hydrogen-bond donors (Lipinski definition) is 0. The standard InChI is InChI=1S/C11H18N2O2/c1-12(2)7-4-5-8-13-9-6-10(15-3)11(13)14/h10H,6-9H2,1-3H3/t10-/m1/s1. The van der Waals surface area contributed by atoms with E-state index < -0.39 is 0 Å². The summed E-state index contributed by atoms with van der Waals surface area (Å²) in [6.45, 7) is 2.01. The Kier molecular flexibility index (Phi) is 4.60. The second-order valence-electron chi connectivity index (χ2n) is 3.86. The first-order valence-corrected chi connectivity index (χ1v) is 5.07. The molecule has 0 unspecified atom stereocenters. The van der Waals surface area contributed by atoms with Gasteiger partial charge in [-0.05, 0) is 14.1 Å². The van der Waals surface area contributed by atoms with Gasteiger partial charge in [-0.15, -0.1) is 0 Å². The van der Waals surface area contributed by atoms with Crippen molar-refractivity contribution in [3.05, 3.63) is 0 Å². The van der Waals surface area contributed by atoms with Crippen molar-refractivity contribution in [3.63, 3.8) is 0 Å². The molecule has 84 valence electrons. The number of carbonyl (C=O) groups excluding carboxylic acids is 1. The first-order chi connectivity index (χ1) is 7.15. The zero-order valence-corrected chi connectivity index (χ0v) is 9.62. The number of methoxy groups -OCH3 is 1. The summed E-state index contributed by atoms with van der Waals surface area (Å²) in [7, 11) is 5.51. The summed E-state index contributed by atoms with van der Waals surface area (Å²) in [6, 6.07) is 0. The van der Waals surface area contributed by atoms with Crippen LogP contribution in [0.1, 0.15) is 6.42 Å². The molecule has 1 saturated heterocycles. The summed E-state index contributed by atoms with van der Waals surface area (Å²) >= 11 is 0. The fraction of sp³-hybridized carbons (Fsp3) is 0.727. The smallest absolute Gasteiger partial charge is 0.252 e. The quantitative estimate of drug-likeness (QED) is 0.605. The van der Waals surface area contributed by atoms with Gasteiger partial charge in [0, 0.05) is 20.1 Å². The third kappa shape index (κ3) is 3.54. The Morgan fingerprint density at radius 3 is 2.80 bits per heavy atom. The van der Waals surface area contributed by atoms with E-state index in [1.54, 1.807) is 12.0 Å². The Morgan fingerprint density at radius 1 is 1.53 bits per heavy atom. The normalized spacial score (nSPS) is 20.7. The van der Waals surface area contributed by atoms with Gasteiger partial charge in [0.15, 0.2) is 0 Å². The van der Waals surface area contributed by atoms with Crippen LogP contribution in [-0.4, -0.2) is 62.7 Å². The lowest BCUT2D eigenvalue weighted by Gasteiger charge is -2.12. The van der Waals surface area contributed by atoms with Crippen LogP contribution in [0.15, 0.2) is 0 Å². The largest absolute Gasteiger partial charge is 0.372 e. The number of nitrogens with zero attached hydrogens (tertiary/aromatic N) is 2. The van der Waals surface area contributed by atoms with Crippen LogP contribution >= 0.6 is 0 Å². The van der Waals surface area contributed by atoms with Gasteiger partial charge in [0.25, 0.3) is 5.91 Å². The SMILES string of the molecule is CO[C@@H]1CCN(CC#CCN(C)C)C1=O. The van der Waals surface area contributed by atoms with E-state index in [1.165, 1.54) is 0 Å². The summed E-state index contributed by atoms with van der Waals surface area (Å²) in [5.41, 5.74) is 0. The maximum atomic E-state index is 11.6. The van der Waals surface area contributed by atoms with Crippen LogP contribution in [0.2, 0.25) is 0 Å².